The molecule has 1 heterocycles. The van der Waals surface area contributed by atoms with E-state index in [2.05, 4.69) is 71.7 Å². The number of aromatic nitrogens is 2. The van der Waals surface area contributed by atoms with Gasteiger partial charge in [0, 0.05) is 23.1 Å². The van der Waals surface area contributed by atoms with Gasteiger partial charge in [0.05, 0.1) is 0 Å². The van der Waals surface area contributed by atoms with E-state index < -0.39 is 0 Å². The molecule has 3 aromatic rings. The predicted molar refractivity (Wildman–Crippen MR) is 100 cm³/mol. The zero-order chi connectivity index (χ0) is 17.1. The van der Waals surface area contributed by atoms with Crippen molar-refractivity contribution in [1.82, 2.24) is 9.97 Å². The topological polar surface area (TPSA) is 49.8 Å². The summed E-state index contributed by atoms with van der Waals surface area (Å²) in [5.41, 5.74) is 6.57. The van der Waals surface area contributed by atoms with Crippen LogP contribution in [-0.2, 0) is 0 Å². The highest BCUT2D eigenvalue weighted by atomic mass is 15.1. The molecule has 0 atom stereocenters. The van der Waals surface area contributed by atoms with Gasteiger partial charge in [0.25, 0.3) is 0 Å². The predicted octanol–water partition coefficient (Wildman–Crippen LogP) is 5.20. The van der Waals surface area contributed by atoms with Crippen molar-refractivity contribution in [3.05, 3.63) is 70.9 Å². The number of hydrogen-bond donors (Lipinski definition) is 2. The van der Waals surface area contributed by atoms with Crippen LogP contribution in [-0.4, -0.2) is 9.97 Å². The van der Waals surface area contributed by atoms with Crippen molar-refractivity contribution < 1.29 is 0 Å². The molecule has 24 heavy (non-hydrogen) atoms. The molecule has 122 valence electrons. The van der Waals surface area contributed by atoms with Gasteiger partial charge in [-0.15, -0.1) is 0 Å². The minimum absolute atomic E-state index is 0.592. The first-order valence-electron chi connectivity index (χ1n) is 8.03. The summed E-state index contributed by atoms with van der Waals surface area (Å²) in [6, 6.07) is 16.5. The highest BCUT2D eigenvalue weighted by molar-refractivity contribution is 5.61. The Morgan fingerprint density at radius 1 is 0.625 bits per heavy atom. The normalized spacial score (nSPS) is 10.5. The highest BCUT2D eigenvalue weighted by Gasteiger charge is 2.04. The van der Waals surface area contributed by atoms with Crippen molar-refractivity contribution in [3.8, 4) is 0 Å². The Bertz CT molecular complexity index is 834. The molecule has 0 radical (unpaired) electrons. The average molecular weight is 318 g/mol. The third-order valence-corrected chi connectivity index (χ3v) is 3.66. The van der Waals surface area contributed by atoms with Crippen molar-refractivity contribution >= 4 is 23.1 Å². The minimum atomic E-state index is 0.592. The highest BCUT2D eigenvalue weighted by Crippen LogP contribution is 2.21. The number of nitrogens with zero attached hydrogens (tertiary/aromatic N) is 2. The molecule has 0 unspecified atom stereocenters. The molecule has 2 aromatic carbocycles. The van der Waals surface area contributed by atoms with Crippen LogP contribution in [0.3, 0.4) is 0 Å². The summed E-state index contributed by atoms with van der Waals surface area (Å²) < 4.78 is 0. The second kappa shape index (κ2) is 6.71. The van der Waals surface area contributed by atoms with Gasteiger partial charge in [-0.3, -0.25) is 0 Å². The maximum absolute atomic E-state index is 4.57. The summed E-state index contributed by atoms with van der Waals surface area (Å²) in [7, 11) is 0. The summed E-state index contributed by atoms with van der Waals surface area (Å²) in [4.78, 5) is 9.05. The van der Waals surface area contributed by atoms with Crippen molar-refractivity contribution in [2.45, 2.75) is 27.7 Å². The molecule has 0 fully saturated rings. The second-order valence-corrected chi connectivity index (χ2v) is 6.21. The number of benzene rings is 2. The molecule has 0 aliphatic carbocycles. The van der Waals surface area contributed by atoms with Crippen LogP contribution in [0.2, 0.25) is 0 Å². The maximum atomic E-state index is 4.57. The van der Waals surface area contributed by atoms with Gasteiger partial charge in [-0.2, -0.15) is 4.98 Å². The fraction of sp³-hybridized carbons (Fsp3) is 0.200. The lowest BCUT2D eigenvalue weighted by molar-refractivity contribution is 1.11. The fourth-order valence-electron chi connectivity index (χ4n) is 2.65. The summed E-state index contributed by atoms with van der Waals surface area (Å²) in [6.07, 6.45) is 0. The monoisotopic (exact) mass is 318 g/mol. The summed E-state index contributed by atoms with van der Waals surface area (Å²) >= 11 is 0. The lowest BCUT2D eigenvalue weighted by atomic mass is 10.1. The van der Waals surface area contributed by atoms with Gasteiger partial charge in [-0.25, -0.2) is 4.98 Å². The van der Waals surface area contributed by atoms with Gasteiger partial charge in [0.1, 0.15) is 5.82 Å². The Balaban J connectivity index is 1.84. The minimum Gasteiger partial charge on any atom is -0.340 e. The molecule has 0 saturated heterocycles. The molecule has 0 bridgehead atoms. The molecule has 0 saturated carbocycles. The third kappa shape index (κ3) is 4.10. The summed E-state index contributed by atoms with van der Waals surface area (Å²) in [5, 5.41) is 6.63. The second-order valence-electron chi connectivity index (χ2n) is 6.21. The molecule has 0 amide bonds. The van der Waals surface area contributed by atoms with Crippen molar-refractivity contribution in [2.24, 2.45) is 0 Å². The standard InChI is InChI=1S/C20H22N4/c1-13-5-7-17(8-6-13)22-19-12-16(4)21-20(24-19)23-18-10-14(2)9-15(3)11-18/h5-12H,1-4H3,(H2,21,22,23,24). The largest absolute Gasteiger partial charge is 0.340 e. The van der Waals surface area contributed by atoms with E-state index in [0.29, 0.717) is 5.95 Å². The van der Waals surface area contributed by atoms with Crippen molar-refractivity contribution in [2.75, 3.05) is 10.6 Å². The van der Waals surface area contributed by atoms with Gasteiger partial charge in [0.15, 0.2) is 0 Å². The fourth-order valence-corrected chi connectivity index (χ4v) is 2.65. The molecule has 0 aliphatic rings. The van der Waals surface area contributed by atoms with E-state index in [4.69, 9.17) is 0 Å². The lowest BCUT2D eigenvalue weighted by Crippen LogP contribution is -2.02. The Morgan fingerprint density at radius 3 is 1.96 bits per heavy atom. The summed E-state index contributed by atoms with van der Waals surface area (Å²) in [6.45, 7) is 8.21. The first kappa shape index (κ1) is 16.0. The molecule has 4 nitrogen and oxygen atoms in total. The van der Waals surface area contributed by atoms with E-state index >= 15 is 0 Å². The van der Waals surface area contributed by atoms with Gasteiger partial charge in [-0.1, -0.05) is 23.8 Å². The molecule has 1 aromatic heterocycles. The number of nitrogens with one attached hydrogen (secondary N) is 2. The third-order valence-electron chi connectivity index (χ3n) is 3.66. The molecule has 2 N–H and O–H groups in total. The van der Waals surface area contributed by atoms with E-state index in [1.807, 2.05) is 25.1 Å². The van der Waals surface area contributed by atoms with Crippen molar-refractivity contribution in [3.63, 3.8) is 0 Å². The quantitative estimate of drug-likeness (QED) is 0.694. The molecule has 0 spiro atoms. The Morgan fingerprint density at radius 2 is 1.29 bits per heavy atom. The van der Waals surface area contributed by atoms with Gasteiger partial charge in [-0.05, 0) is 63.1 Å². The Labute approximate surface area is 143 Å². The van der Waals surface area contributed by atoms with Crippen LogP contribution in [0, 0.1) is 27.7 Å². The number of anilines is 4. The first-order valence-corrected chi connectivity index (χ1v) is 8.03. The van der Waals surface area contributed by atoms with Gasteiger partial charge < -0.3 is 10.6 Å². The smallest absolute Gasteiger partial charge is 0.229 e. The SMILES string of the molecule is Cc1ccc(Nc2cc(C)nc(Nc3cc(C)cc(C)c3)n2)cc1. The lowest BCUT2D eigenvalue weighted by Gasteiger charge is -2.11. The van der Waals surface area contributed by atoms with Crippen LogP contribution in [0.15, 0.2) is 48.5 Å². The van der Waals surface area contributed by atoms with E-state index in [-0.39, 0.29) is 0 Å². The van der Waals surface area contributed by atoms with Crippen LogP contribution < -0.4 is 10.6 Å². The zero-order valence-electron chi connectivity index (χ0n) is 14.5. The molecule has 0 aliphatic heterocycles. The van der Waals surface area contributed by atoms with Crippen LogP contribution in [0.4, 0.5) is 23.1 Å². The van der Waals surface area contributed by atoms with E-state index in [1.54, 1.807) is 0 Å². The van der Waals surface area contributed by atoms with Gasteiger partial charge >= 0.3 is 0 Å². The van der Waals surface area contributed by atoms with E-state index in [9.17, 15) is 0 Å². The molecular weight excluding hydrogens is 296 g/mol. The molecular formula is C20H22N4. The molecule has 4 heteroatoms. The van der Waals surface area contributed by atoms with Crippen LogP contribution >= 0.6 is 0 Å². The van der Waals surface area contributed by atoms with Crippen LogP contribution in [0.25, 0.3) is 0 Å². The summed E-state index contributed by atoms with van der Waals surface area (Å²) in [5.74, 6) is 1.37. The number of rotatable bonds is 4. The Hall–Kier alpha value is -2.88. The maximum Gasteiger partial charge on any atom is 0.229 e. The van der Waals surface area contributed by atoms with Crippen LogP contribution in [0.1, 0.15) is 22.4 Å². The van der Waals surface area contributed by atoms with E-state index in [1.165, 1.54) is 16.7 Å². The Kier molecular flexibility index (Phi) is 4.47. The average Bonchev–Trinajstić information content (AvgIpc) is 2.48. The van der Waals surface area contributed by atoms with E-state index in [0.717, 1.165) is 22.9 Å². The van der Waals surface area contributed by atoms with Gasteiger partial charge in [0.2, 0.25) is 5.95 Å². The zero-order valence-corrected chi connectivity index (χ0v) is 14.5. The number of hydrogen-bond acceptors (Lipinski definition) is 4. The van der Waals surface area contributed by atoms with Crippen molar-refractivity contribution in [1.29, 1.82) is 0 Å². The number of aryl methyl sites for hydroxylation is 4. The first-order chi connectivity index (χ1) is 11.5. The molecule has 3 rings (SSSR count). The van der Waals surface area contributed by atoms with Crippen LogP contribution in [0.5, 0.6) is 0 Å².